The van der Waals surface area contributed by atoms with Crippen molar-refractivity contribution in [3.63, 3.8) is 0 Å². The highest BCUT2D eigenvalue weighted by Gasteiger charge is 2.18. The summed E-state index contributed by atoms with van der Waals surface area (Å²) >= 11 is 0. The van der Waals surface area contributed by atoms with Crippen molar-refractivity contribution in [2.75, 3.05) is 13.7 Å². The molecule has 0 spiro atoms. The van der Waals surface area contributed by atoms with Crippen molar-refractivity contribution >= 4 is 0 Å². The zero-order valence-corrected chi connectivity index (χ0v) is 8.51. The Hall–Kier alpha value is -0.0400. The van der Waals surface area contributed by atoms with E-state index in [1.165, 1.54) is 38.5 Å². The van der Waals surface area contributed by atoms with Crippen molar-refractivity contribution in [2.45, 2.75) is 45.4 Å². The van der Waals surface area contributed by atoms with Gasteiger partial charge in [0.15, 0.2) is 0 Å². The fourth-order valence-electron chi connectivity index (χ4n) is 2.21. The molecule has 1 aliphatic carbocycles. The van der Waals surface area contributed by atoms with Crippen molar-refractivity contribution in [1.29, 1.82) is 0 Å². The van der Waals surface area contributed by atoms with Gasteiger partial charge in [-0.1, -0.05) is 39.0 Å². The predicted octanol–water partition coefficient (Wildman–Crippen LogP) is 3.24. The lowest BCUT2D eigenvalue weighted by Crippen LogP contribution is -2.18. The second-order valence-electron chi connectivity index (χ2n) is 4.18. The normalized spacial score (nSPS) is 32.5. The number of hydrogen-bond acceptors (Lipinski definition) is 1. The van der Waals surface area contributed by atoms with Crippen LogP contribution < -0.4 is 0 Å². The molecule has 2 atom stereocenters. The van der Waals surface area contributed by atoms with Gasteiger partial charge in [0.25, 0.3) is 0 Å². The molecule has 0 saturated heterocycles. The molecule has 0 radical (unpaired) electrons. The summed E-state index contributed by atoms with van der Waals surface area (Å²) in [6.45, 7) is 3.36. The molecule has 0 amide bonds. The maximum absolute atomic E-state index is 5.25. The van der Waals surface area contributed by atoms with Gasteiger partial charge in [-0.3, -0.25) is 0 Å². The van der Waals surface area contributed by atoms with Gasteiger partial charge < -0.3 is 4.74 Å². The number of methoxy groups -OCH3 is 1. The van der Waals surface area contributed by atoms with Crippen LogP contribution in [-0.2, 0) is 4.74 Å². The molecule has 72 valence electrons. The van der Waals surface area contributed by atoms with Crippen LogP contribution in [-0.4, -0.2) is 13.7 Å². The Morgan fingerprint density at radius 2 is 1.75 bits per heavy atom. The zero-order chi connectivity index (χ0) is 8.81. The van der Waals surface area contributed by atoms with Crippen LogP contribution in [0.1, 0.15) is 45.4 Å². The average molecular weight is 170 g/mol. The summed E-state index contributed by atoms with van der Waals surface area (Å²) in [5.41, 5.74) is 0. The van der Waals surface area contributed by atoms with E-state index in [0.717, 1.165) is 18.4 Å². The molecular formula is C11H22O. The smallest absolute Gasteiger partial charge is 0.0493 e. The van der Waals surface area contributed by atoms with Gasteiger partial charge in [-0.15, -0.1) is 0 Å². The summed E-state index contributed by atoms with van der Waals surface area (Å²) in [4.78, 5) is 0. The monoisotopic (exact) mass is 170 g/mol. The third-order valence-corrected chi connectivity index (χ3v) is 3.17. The predicted molar refractivity (Wildman–Crippen MR) is 52.2 cm³/mol. The fraction of sp³-hybridized carbons (Fsp3) is 1.00. The highest BCUT2D eigenvalue weighted by Crippen LogP contribution is 2.27. The Bertz CT molecular complexity index is 112. The number of ether oxygens (including phenoxy) is 1. The van der Waals surface area contributed by atoms with Crippen LogP contribution in [0.4, 0.5) is 0 Å². The second-order valence-corrected chi connectivity index (χ2v) is 4.18. The van der Waals surface area contributed by atoms with Crippen LogP contribution in [0, 0.1) is 11.8 Å². The maximum Gasteiger partial charge on any atom is 0.0493 e. The van der Waals surface area contributed by atoms with E-state index in [4.69, 9.17) is 4.74 Å². The van der Waals surface area contributed by atoms with E-state index in [-0.39, 0.29) is 0 Å². The Morgan fingerprint density at radius 3 is 2.42 bits per heavy atom. The Balaban J connectivity index is 2.32. The standard InChI is InChI=1S/C11H22O/c1-10-7-5-3-4-6-8-11(10)9-12-2/h10-11H,3-9H2,1-2H3. The van der Waals surface area contributed by atoms with Crippen LogP contribution in [0.3, 0.4) is 0 Å². The molecule has 0 aliphatic heterocycles. The van der Waals surface area contributed by atoms with Crippen LogP contribution >= 0.6 is 0 Å². The first-order valence-electron chi connectivity index (χ1n) is 5.33. The van der Waals surface area contributed by atoms with Gasteiger partial charge in [-0.25, -0.2) is 0 Å². The summed E-state index contributed by atoms with van der Waals surface area (Å²) < 4.78 is 5.25. The molecule has 1 fully saturated rings. The van der Waals surface area contributed by atoms with E-state index >= 15 is 0 Å². The molecule has 0 heterocycles. The van der Waals surface area contributed by atoms with Crippen LogP contribution in [0.2, 0.25) is 0 Å². The zero-order valence-electron chi connectivity index (χ0n) is 8.51. The molecule has 1 aliphatic rings. The first-order valence-corrected chi connectivity index (χ1v) is 5.33. The minimum atomic E-state index is 0.829. The van der Waals surface area contributed by atoms with Crippen molar-refractivity contribution < 1.29 is 4.74 Å². The summed E-state index contributed by atoms with van der Waals surface area (Å²) in [5.74, 6) is 1.71. The molecule has 1 saturated carbocycles. The first-order chi connectivity index (χ1) is 5.84. The highest BCUT2D eigenvalue weighted by molar-refractivity contribution is 4.69. The number of hydrogen-bond donors (Lipinski definition) is 0. The van der Waals surface area contributed by atoms with E-state index in [0.29, 0.717) is 0 Å². The van der Waals surface area contributed by atoms with Gasteiger partial charge in [0, 0.05) is 13.7 Å². The quantitative estimate of drug-likeness (QED) is 0.618. The Morgan fingerprint density at radius 1 is 1.08 bits per heavy atom. The van der Waals surface area contributed by atoms with Crippen LogP contribution in [0.15, 0.2) is 0 Å². The van der Waals surface area contributed by atoms with Gasteiger partial charge in [0.05, 0.1) is 0 Å². The molecular weight excluding hydrogens is 148 g/mol. The van der Waals surface area contributed by atoms with Crippen molar-refractivity contribution in [2.24, 2.45) is 11.8 Å². The van der Waals surface area contributed by atoms with E-state index in [9.17, 15) is 0 Å². The maximum atomic E-state index is 5.25. The van der Waals surface area contributed by atoms with E-state index in [1.54, 1.807) is 0 Å². The van der Waals surface area contributed by atoms with Crippen molar-refractivity contribution in [1.82, 2.24) is 0 Å². The molecule has 1 rings (SSSR count). The Labute approximate surface area is 76.5 Å². The second kappa shape index (κ2) is 5.58. The molecule has 0 aromatic rings. The minimum absolute atomic E-state index is 0.829. The molecule has 0 aromatic heterocycles. The Kier molecular flexibility index (Phi) is 4.67. The molecule has 1 nitrogen and oxygen atoms in total. The van der Waals surface area contributed by atoms with Gasteiger partial charge >= 0.3 is 0 Å². The molecule has 2 unspecified atom stereocenters. The molecule has 0 N–H and O–H groups in total. The lowest BCUT2D eigenvalue weighted by atomic mass is 9.83. The average Bonchev–Trinajstić information content (AvgIpc) is 2.05. The molecule has 0 aromatic carbocycles. The summed E-state index contributed by atoms with van der Waals surface area (Å²) in [6, 6.07) is 0. The molecule has 0 bridgehead atoms. The van der Waals surface area contributed by atoms with Crippen molar-refractivity contribution in [3.8, 4) is 0 Å². The lowest BCUT2D eigenvalue weighted by Gasteiger charge is -2.25. The largest absolute Gasteiger partial charge is 0.384 e. The lowest BCUT2D eigenvalue weighted by molar-refractivity contribution is 0.110. The third kappa shape index (κ3) is 3.14. The van der Waals surface area contributed by atoms with E-state index in [1.807, 2.05) is 7.11 Å². The summed E-state index contributed by atoms with van der Waals surface area (Å²) in [5, 5.41) is 0. The summed E-state index contributed by atoms with van der Waals surface area (Å²) in [6.07, 6.45) is 8.53. The van der Waals surface area contributed by atoms with Gasteiger partial charge in [-0.05, 0) is 18.3 Å². The van der Waals surface area contributed by atoms with Gasteiger partial charge in [-0.2, -0.15) is 0 Å². The highest BCUT2D eigenvalue weighted by atomic mass is 16.5. The topological polar surface area (TPSA) is 9.23 Å². The molecule has 12 heavy (non-hydrogen) atoms. The van der Waals surface area contributed by atoms with Crippen molar-refractivity contribution in [3.05, 3.63) is 0 Å². The van der Waals surface area contributed by atoms with Crippen LogP contribution in [0.25, 0.3) is 0 Å². The van der Waals surface area contributed by atoms with Crippen LogP contribution in [0.5, 0.6) is 0 Å². The van der Waals surface area contributed by atoms with Gasteiger partial charge in [0.2, 0.25) is 0 Å². The molecule has 1 heteroatoms. The SMILES string of the molecule is COCC1CCCCCCC1C. The first kappa shape index (κ1) is 10.0. The van der Waals surface area contributed by atoms with E-state index in [2.05, 4.69) is 6.92 Å². The fourth-order valence-corrected chi connectivity index (χ4v) is 2.21. The minimum Gasteiger partial charge on any atom is -0.384 e. The van der Waals surface area contributed by atoms with Gasteiger partial charge in [0.1, 0.15) is 0 Å². The number of rotatable bonds is 2. The third-order valence-electron chi connectivity index (χ3n) is 3.17. The van der Waals surface area contributed by atoms with E-state index < -0.39 is 0 Å². The summed E-state index contributed by atoms with van der Waals surface area (Å²) in [7, 11) is 1.82.